The van der Waals surface area contributed by atoms with Gasteiger partial charge in [-0.3, -0.25) is 0 Å². The van der Waals surface area contributed by atoms with Gasteiger partial charge in [0.15, 0.2) is 0 Å². The Morgan fingerprint density at radius 1 is 0.944 bits per heavy atom. The lowest BCUT2D eigenvalue weighted by Gasteiger charge is -2.37. The highest BCUT2D eigenvalue weighted by atomic mass is 19.1. The molecule has 2 aromatic rings. The van der Waals surface area contributed by atoms with Crippen molar-refractivity contribution in [2.45, 2.75) is 0 Å². The third-order valence-corrected chi connectivity index (χ3v) is 3.51. The molecule has 2 aromatic carbocycles. The van der Waals surface area contributed by atoms with Crippen LogP contribution in [-0.2, 0) is 4.65 Å². The van der Waals surface area contributed by atoms with E-state index >= 15 is 0 Å². The van der Waals surface area contributed by atoms with Gasteiger partial charge in [-0.05, 0) is 18.7 Å². The average molecular weight is 242 g/mol. The molecular weight excluding hydrogens is 228 g/mol. The molecule has 0 aromatic heterocycles. The van der Waals surface area contributed by atoms with E-state index in [0.717, 1.165) is 17.5 Å². The van der Waals surface area contributed by atoms with Gasteiger partial charge < -0.3 is 9.88 Å². The van der Waals surface area contributed by atoms with Crippen molar-refractivity contribution in [2.24, 2.45) is 0 Å². The fourth-order valence-corrected chi connectivity index (χ4v) is 2.64. The molecule has 1 heterocycles. The maximum absolute atomic E-state index is 13.0. The van der Waals surface area contributed by atoms with Crippen LogP contribution < -0.4 is 16.2 Å². The quantitative estimate of drug-likeness (QED) is 0.793. The minimum atomic E-state index is -1.40. The van der Waals surface area contributed by atoms with Crippen molar-refractivity contribution >= 4 is 17.4 Å². The van der Waals surface area contributed by atoms with Crippen molar-refractivity contribution in [3.63, 3.8) is 0 Å². The van der Waals surface area contributed by atoms with Gasteiger partial charge in [0.25, 0.3) is 0 Å². The van der Waals surface area contributed by atoms with Crippen LogP contribution in [0.5, 0.6) is 0 Å². The summed E-state index contributed by atoms with van der Waals surface area (Å²) in [7, 11) is 0. The molecule has 1 aliphatic heterocycles. The van der Waals surface area contributed by atoms with Crippen LogP contribution in [0.1, 0.15) is 0 Å². The van der Waals surface area contributed by atoms with E-state index in [1.54, 1.807) is 12.1 Å². The zero-order chi connectivity index (χ0) is 12.4. The van der Waals surface area contributed by atoms with Crippen LogP contribution in [0, 0.1) is 5.82 Å². The summed E-state index contributed by atoms with van der Waals surface area (Å²) >= 11 is 0. The van der Waals surface area contributed by atoms with Crippen molar-refractivity contribution in [2.75, 3.05) is 13.2 Å². The number of nitrogens with one attached hydrogen (secondary N) is 1. The predicted octanol–water partition coefficient (Wildman–Crippen LogP) is 1.00. The maximum Gasteiger partial charge on any atom is 0.239 e. The SMILES string of the molecule is Fc1ccc([B-]2(c3ccccc3)NCCO2)cc1. The summed E-state index contributed by atoms with van der Waals surface area (Å²) in [4.78, 5) is 0. The lowest BCUT2D eigenvalue weighted by molar-refractivity contribution is 0.367. The van der Waals surface area contributed by atoms with Crippen molar-refractivity contribution in [3.8, 4) is 0 Å². The summed E-state index contributed by atoms with van der Waals surface area (Å²) in [5, 5.41) is 3.44. The summed E-state index contributed by atoms with van der Waals surface area (Å²) in [6, 6.07) is 16.6. The normalized spacial score (nSPS) is 23.2. The van der Waals surface area contributed by atoms with Gasteiger partial charge in [0.05, 0.1) is 0 Å². The Bertz CT molecular complexity index is 523. The standard InChI is InChI=1S/C14H14BFNO/c16-14-8-6-13(7-9-14)15(17-10-11-18-15)12-4-2-1-3-5-12/h1-9,17H,10-11H2/q-1. The smallest absolute Gasteiger partial charge is 0.239 e. The van der Waals surface area contributed by atoms with Crippen LogP contribution in [0.2, 0.25) is 0 Å². The molecule has 4 heteroatoms. The number of benzene rings is 2. The zero-order valence-corrected chi connectivity index (χ0v) is 9.97. The number of rotatable bonds is 2. The molecule has 2 nitrogen and oxygen atoms in total. The van der Waals surface area contributed by atoms with Crippen molar-refractivity contribution < 1.29 is 9.04 Å². The van der Waals surface area contributed by atoms with E-state index in [2.05, 4.69) is 5.23 Å². The molecular formula is C14H14BFNO-. The molecule has 0 spiro atoms. The highest BCUT2D eigenvalue weighted by Crippen LogP contribution is 2.09. The van der Waals surface area contributed by atoms with E-state index in [0.29, 0.717) is 6.61 Å². The Kier molecular flexibility index (Phi) is 2.90. The van der Waals surface area contributed by atoms with Gasteiger partial charge in [0, 0.05) is 6.61 Å². The van der Waals surface area contributed by atoms with E-state index in [9.17, 15) is 4.39 Å². The summed E-state index contributed by atoms with van der Waals surface area (Å²) < 4.78 is 19.0. The average Bonchev–Trinajstić information content (AvgIpc) is 2.91. The Morgan fingerprint density at radius 3 is 2.22 bits per heavy atom. The molecule has 18 heavy (non-hydrogen) atoms. The second-order valence-electron chi connectivity index (χ2n) is 4.57. The highest BCUT2D eigenvalue weighted by molar-refractivity contribution is 6.95. The molecule has 1 unspecified atom stereocenters. The van der Waals surface area contributed by atoms with Gasteiger partial charge in [0.1, 0.15) is 5.82 Å². The third kappa shape index (κ3) is 1.83. The van der Waals surface area contributed by atoms with Crippen LogP contribution in [0.4, 0.5) is 4.39 Å². The number of hydrogen-bond donors (Lipinski definition) is 1. The van der Waals surface area contributed by atoms with E-state index in [1.165, 1.54) is 12.1 Å². The maximum atomic E-state index is 13.0. The van der Waals surface area contributed by atoms with E-state index < -0.39 is 6.48 Å². The first-order valence-corrected chi connectivity index (χ1v) is 6.16. The van der Waals surface area contributed by atoms with Gasteiger partial charge >= 0.3 is 0 Å². The first kappa shape index (κ1) is 11.4. The summed E-state index contributed by atoms with van der Waals surface area (Å²) in [5.41, 5.74) is 2.08. The zero-order valence-electron chi connectivity index (χ0n) is 9.97. The highest BCUT2D eigenvalue weighted by Gasteiger charge is 2.32. The minimum Gasteiger partial charge on any atom is -0.570 e. The van der Waals surface area contributed by atoms with Crippen LogP contribution in [0.25, 0.3) is 0 Å². The molecule has 1 aliphatic rings. The molecule has 0 aliphatic carbocycles. The molecule has 1 N–H and O–H groups in total. The molecule has 1 fully saturated rings. The lowest BCUT2D eigenvalue weighted by Crippen LogP contribution is -2.67. The predicted molar refractivity (Wildman–Crippen MR) is 71.8 cm³/mol. The molecule has 0 bridgehead atoms. The first-order valence-electron chi connectivity index (χ1n) is 6.16. The third-order valence-electron chi connectivity index (χ3n) is 3.51. The van der Waals surface area contributed by atoms with Gasteiger partial charge in [-0.1, -0.05) is 42.5 Å². The topological polar surface area (TPSA) is 21.3 Å². The Morgan fingerprint density at radius 2 is 1.61 bits per heavy atom. The van der Waals surface area contributed by atoms with Crippen molar-refractivity contribution in [3.05, 3.63) is 60.4 Å². The van der Waals surface area contributed by atoms with E-state index in [4.69, 9.17) is 4.65 Å². The summed E-state index contributed by atoms with van der Waals surface area (Å²) in [5.74, 6) is -0.226. The van der Waals surface area contributed by atoms with Crippen molar-refractivity contribution in [1.82, 2.24) is 5.23 Å². The molecule has 3 rings (SSSR count). The Hall–Kier alpha value is -1.65. The van der Waals surface area contributed by atoms with Gasteiger partial charge in [0.2, 0.25) is 6.48 Å². The molecule has 1 atom stereocenters. The van der Waals surface area contributed by atoms with Gasteiger partial charge in [-0.2, -0.15) is 10.9 Å². The largest absolute Gasteiger partial charge is 0.570 e. The summed E-state index contributed by atoms with van der Waals surface area (Å²) in [6.45, 7) is 0.0847. The fraction of sp³-hybridized carbons (Fsp3) is 0.143. The van der Waals surface area contributed by atoms with Crippen LogP contribution in [-0.4, -0.2) is 19.6 Å². The summed E-state index contributed by atoms with van der Waals surface area (Å²) in [6.07, 6.45) is 0. The first-order chi connectivity index (χ1) is 8.81. The lowest BCUT2D eigenvalue weighted by atomic mass is 9.42. The van der Waals surface area contributed by atoms with Gasteiger partial charge in [-0.15, -0.1) is 0 Å². The molecule has 1 saturated heterocycles. The molecule has 0 amide bonds. The second kappa shape index (κ2) is 4.56. The van der Waals surface area contributed by atoms with E-state index in [1.807, 2.05) is 30.3 Å². The number of halogens is 1. The Balaban J connectivity index is 2.10. The van der Waals surface area contributed by atoms with Gasteiger partial charge in [-0.25, -0.2) is 4.39 Å². The Labute approximate surface area is 106 Å². The van der Waals surface area contributed by atoms with Crippen LogP contribution in [0.15, 0.2) is 54.6 Å². The molecule has 92 valence electrons. The fourth-order valence-electron chi connectivity index (χ4n) is 2.64. The molecule has 0 radical (unpaired) electrons. The second-order valence-corrected chi connectivity index (χ2v) is 4.57. The minimum absolute atomic E-state index is 0.226. The van der Waals surface area contributed by atoms with Crippen LogP contribution >= 0.6 is 0 Å². The monoisotopic (exact) mass is 242 g/mol. The van der Waals surface area contributed by atoms with Crippen molar-refractivity contribution in [1.29, 1.82) is 0 Å². The number of hydrogen-bond acceptors (Lipinski definition) is 2. The van der Waals surface area contributed by atoms with Crippen LogP contribution in [0.3, 0.4) is 0 Å². The van der Waals surface area contributed by atoms with E-state index in [-0.39, 0.29) is 5.82 Å². The molecule has 0 saturated carbocycles.